The van der Waals surface area contributed by atoms with Gasteiger partial charge < -0.3 is 10.1 Å². The number of carbonyl (C=O) groups excluding carboxylic acids is 1. The van der Waals surface area contributed by atoms with E-state index in [-0.39, 0.29) is 0 Å². The molecule has 1 aliphatic heterocycles. The van der Waals surface area contributed by atoms with Crippen molar-refractivity contribution in [2.45, 2.75) is 30.8 Å². The molecule has 1 N–H and O–H groups in total. The Bertz CT molecular complexity index is 296. The van der Waals surface area contributed by atoms with Crippen LogP contribution in [0.3, 0.4) is 0 Å². The van der Waals surface area contributed by atoms with Crippen molar-refractivity contribution in [2.75, 3.05) is 13.1 Å². The molecule has 1 unspecified atom stereocenters. The number of cyclic esters (lactones) is 1. The molecule has 0 spiro atoms. The Morgan fingerprint density at radius 2 is 2.06 bits per heavy atom. The van der Waals surface area contributed by atoms with Gasteiger partial charge in [0.15, 0.2) is 0 Å². The Morgan fingerprint density at radius 3 is 2.47 bits per heavy atom. The lowest BCUT2D eigenvalue weighted by Crippen LogP contribution is -2.41. The van der Waals surface area contributed by atoms with Gasteiger partial charge >= 0.3 is 24.2 Å². The van der Waals surface area contributed by atoms with Gasteiger partial charge in [0, 0.05) is 6.54 Å². The summed E-state index contributed by atoms with van der Waals surface area (Å²) >= 11 is 0. The second kappa shape index (κ2) is 4.71. The van der Waals surface area contributed by atoms with Gasteiger partial charge in [-0.15, -0.1) is 0 Å². The lowest BCUT2D eigenvalue weighted by atomic mass is 10.2. The third-order valence-corrected chi connectivity index (χ3v) is 2.11. The molecule has 0 amide bonds. The van der Waals surface area contributed by atoms with Crippen molar-refractivity contribution in [1.82, 2.24) is 5.32 Å². The number of carbonyl (C=O) groups is 1. The Labute approximate surface area is 92.1 Å². The van der Waals surface area contributed by atoms with E-state index >= 15 is 0 Å². The highest BCUT2D eigenvalue weighted by atomic mass is 19.3. The maximum Gasteiger partial charge on any atom is 0.377 e. The number of alkyl halides is 6. The fourth-order valence-corrected chi connectivity index (χ4v) is 1.24. The highest BCUT2D eigenvalue weighted by Gasteiger charge is 2.50. The van der Waals surface area contributed by atoms with Crippen LogP contribution in [0.4, 0.5) is 26.3 Å². The maximum atomic E-state index is 12.6. The first-order valence-electron chi connectivity index (χ1n) is 4.61. The predicted molar refractivity (Wildman–Crippen MR) is 43.3 cm³/mol. The Hall–Kier alpha value is -0.990. The zero-order chi connectivity index (χ0) is 13.3. The molecule has 0 aromatic heterocycles. The van der Waals surface area contributed by atoms with Crippen LogP contribution in [-0.2, 0) is 9.53 Å². The van der Waals surface area contributed by atoms with E-state index in [0.717, 1.165) is 0 Å². The fraction of sp³-hybridized carbons (Fsp3) is 0.875. The van der Waals surface area contributed by atoms with Gasteiger partial charge in [-0.1, -0.05) is 0 Å². The van der Waals surface area contributed by atoms with Crippen molar-refractivity contribution < 1.29 is 35.9 Å². The second-order valence-electron chi connectivity index (χ2n) is 3.63. The van der Waals surface area contributed by atoms with Crippen LogP contribution >= 0.6 is 0 Å². The quantitative estimate of drug-likeness (QED) is 0.603. The van der Waals surface area contributed by atoms with Crippen LogP contribution in [0.1, 0.15) is 6.42 Å². The molecule has 3 nitrogen and oxygen atoms in total. The number of hydrogen-bond acceptors (Lipinski definition) is 3. The van der Waals surface area contributed by atoms with Crippen LogP contribution in [-0.4, -0.2) is 43.4 Å². The Kier molecular flexibility index (Phi) is 3.90. The first-order valence-corrected chi connectivity index (χ1v) is 4.61. The number of halogens is 6. The summed E-state index contributed by atoms with van der Waals surface area (Å²) in [4.78, 5) is 10.5. The first-order chi connectivity index (χ1) is 7.65. The van der Waals surface area contributed by atoms with Crippen molar-refractivity contribution >= 4 is 5.97 Å². The molecule has 0 aromatic rings. The van der Waals surface area contributed by atoms with E-state index < -0.39 is 49.9 Å². The highest BCUT2D eigenvalue weighted by Crippen LogP contribution is 2.30. The van der Waals surface area contributed by atoms with Crippen LogP contribution in [0, 0.1) is 0 Å². The summed E-state index contributed by atoms with van der Waals surface area (Å²) in [6.45, 7) is -1.89. The molecule has 17 heavy (non-hydrogen) atoms. The molecule has 0 aliphatic carbocycles. The van der Waals surface area contributed by atoms with E-state index in [2.05, 4.69) is 4.74 Å². The minimum Gasteiger partial charge on any atom is -0.456 e. The molecule has 1 atom stereocenters. The van der Waals surface area contributed by atoms with Crippen molar-refractivity contribution in [2.24, 2.45) is 0 Å². The molecule has 1 rings (SSSR count). The molecule has 1 aliphatic rings. The summed E-state index contributed by atoms with van der Waals surface area (Å²) < 4.78 is 77.5. The maximum absolute atomic E-state index is 12.6. The van der Waals surface area contributed by atoms with Crippen molar-refractivity contribution in [3.8, 4) is 0 Å². The average molecular weight is 265 g/mol. The van der Waals surface area contributed by atoms with Crippen molar-refractivity contribution in [3.63, 3.8) is 0 Å². The third kappa shape index (κ3) is 3.48. The normalized spacial score (nSPS) is 24.2. The molecule has 1 heterocycles. The summed E-state index contributed by atoms with van der Waals surface area (Å²) in [7, 11) is 0. The minimum absolute atomic E-state index is 0.524. The lowest BCUT2D eigenvalue weighted by Gasteiger charge is -2.17. The van der Waals surface area contributed by atoms with Crippen LogP contribution in [0.25, 0.3) is 0 Å². The number of nitrogens with one attached hydrogen (secondary N) is 1. The summed E-state index contributed by atoms with van der Waals surface area (Å²) in [6, 6.07) is 0. The molecular weight excluding hydrogens is 256 g/mol. The van der Waals surface area contributed by atoms with Gasteiger partial charge in [0.2, 0.25) is 0 Å². The van der Waals surface area contributed by atoms with E-state index in [9.17, 15) is 31.1 Å². The topological polar surface area (TPSA) is 38.3 Å². The summed E-state index contributed by atoms with van der Waals surface area (Å²) in [5, 5.41) is 1.87. The molecule has 0 bridgehead atoms. The van der Waals surface area contributed by atoms with Crippen molar-refractivity contribution in [1.29, 1.82) is 0 Å². The molecule has 9 heteroatoms. The van der Waals surface area contributed by atoms with Crippen LogP contribution in [0.15, 0.2) is 0 Å². The van der Waals surface area contributed by atoms with Gasteiger partial charge in [-0.05, 0) is 0 Å². The van der Waals surface area contributed by atoms with Gasteiger partial charge in [0.1, 0.15) is 6.10 Å². The monoisotopic (exact) mass is 265 g/mol. The van der Waals surface area contributed by atoms with Gasteiger partial charge in [-0.2, -0.15) is 17.6 Å². The molecule has 100 valence electrons. The summed E-state index contributed by atoms with van der Waals surface area (Å²) in [5.41, 5.74) is 0. The summed E-state index contributed by atoms with van der Waals surface area (Å²) in [6.07, 6.45) is -6.08. The number of hydrogen-bond donors (Lipinski definition) is 1. The Morgan fingerprint density at radius 1 is 1.47 bits per heavy atom. The smallest absolute Gasteiger partial charge is 0.377 e. The lowest BCUT2D eigenvalue weighted by molar-refractivity contribution is -0.159. The third-order valence-electron chi connectivity index (χ3n) is 2.11. The van der Waals surface area contributed by atoms with Crippen LogP contribution in [0.2, 0.25) is 0 Å². The van der Waals surface area contributed by atoms with Gasteiger partial charge in [0.05, 0.1) is 13.0 Å². The average Bonchev–Trinajstić information content (AvgIpc) is 2.40. The largest absolute Gasteiger partial charge is 0.456 e. The number of esters is 1. The second-order valence-corrected chi connectivity index (χ2v) is 3.63. The summed E-state index contributed by atoms with van der Waals surface area (Å²) in [5.74, 6) is -9.62. The Balaban J connectivity index is 2.32. The van der Waals surface area contributed by atoms with E-state index in [4.69, 9.17) is 0 Å². The van der Waals surface area contributed by atoms with E-state index in [1.54, 1.807) is 0 Å². The van der Waals surface area contributed by atoms with Crippen LogP contribution in [0.5, 0.6) is 0 Å². The zero-order valence-corrected chi connectivity index (χ0v) is 8.36. The molecule has 0 saturated carbocycles. The molecule has 1 fully saturated rings. The van der Waals surface area contributed by atoms with E-state index in [1.807, 2.05) is 5.32 Å². The molecule has 1 saturated heterocycles. The van der Waals surface area contributed by atoms with Crippen LogP contribution < -0.4 is 5.32 Å². The molecule has 0 aromatic carbocycles. The number of rotatable bonds is 5. The molecule has 0 radical (unpaired) electrons. The molecular formula is C8H9F6NO2. The van der Waals surface area contributed by atoms with E-state index in [1.165, 1.54) is 0 Å². The fourth-order valence-electron chi connectivity index (χ4n) is 1.24. The minimum atomic E-state index is -4.24. The van der Waals surface area contributed by atoms with Gasteiger partial charge in [0.25, 0.3) is 0 Å². The standard InChI is InChI=1S/C8H9F6NO2/c9-5(10)8(13,14)3-15-2-4-1-7(11,12)6(16)17-4/h4-5,15H,1-3H2. The predicted octanol–water partition coefficient (Wildman–Crippen LogP) is 1.43. The zero-order valence-electron chi connectivity index (χ0n) is 8.36. The SMILES string of the molecule is O=C1OC(CNCC(F)(F)C(F)F)CC1(F)F. The van der Waals surface area contributed by atoms with Crippen molar-refractivity contribution in [3.05, 3.63) is 0 Å². The first kappa shape index (κ1) is 14.1. The van der Waals surface area contributed by atoms with Gasteiger partial charge in [-0.3, -0.25) is 0 Å². The number of ether oxygens (including phenoxy) is 1. The van der Waals surface area contributed by atoms with E-state index in [0.29, 0.717) is 0 Å². The van der Waals surface area contributed by atoms with Gasteiger partial charge in [-0.25, -0.2) is 13.6 Å². The highest BCUT2D eigenvalue weighted by molar-refractivity contribution is 5.79.